The molecule has 332 valence electrons. The molecule has 6 aromatic rings. The van der Waals surface area contributed by atoms with Crippen LogP contribution >= 0.6 is 11.6 Å². The summed E-state index contributed by atoms with van der Waals surface area (Å²) in [5.74, 6) is -0.00555. The molecule has 0 atom stereocenters. The lowest BCUT2D eigenvalue weighted by atomic mass is 10.3. The van der Waals surface area contributed by atoms with E-state index in [2.05, 4.69) is 40.3 Å². The van der Waals surface area contributed by atoms with Gasteiger partial charge in [0.1, 0.15) is 45.9 Å². The largest absolute Gasteiger partial charge is 0.396 e. The van der Waals surface area contributed by atoms with E-state index in [1.165, 1.54) is 18.2 Å². The van der Waals surface area contributed by atoms with Gasteiger partial charge in [-0.25, -0.2) is 26.9 Å². The van der Waals surface area contributed by atoms with Crippen LogP contribution in [0.3, 0.4) is 0 Å². The highest BCUT2D eigenvalue weighted by atomic mass is 35.5. The minimum absolute atomic E-state index is 0.0311. The first kappa shape index (κ1) is 45.7. The number of hydrogen-bond donors (Lipinski definition) is 2. The first-order chi connectivity index (χ1) is 29.9. The second-order valence-electron chi connectivity index (χ2n) is 14.8. The number of nitrogens with two attached hydrogens (primary N) is 1. The van der Waals surface area contributed by atoms with Crippen LogP contribution in [0.1, 0.15) is 36.6 Å². The predicted molar refractivity (Wildman–Crippen MR) is 232 cm³/mol. The summed E-state index contributed by atoms with van der Waals surface area (Å²) in [5.41, 5.74) is 8.66. The second-order valence-corrected chi connectivity index (χ2v) is 15.2. The smallest absolute Gasteiger partial charge is 0.254 e. The number of amides is 2. The van der Waals surface area contributed by atoms with Crippen LogP contribution in [0.5, 0.6) is 0 Å². The zero-order valence-corrected chi connectivity index (χ0v) is 36.3. The summed E-state index contributed by atoms with van der Waals surface area (Å²) in [6.07, 6.45) is 0. The monoisotopic (exact) mass is 890 g/mol. The van der Waals surface area contributed by atoms with Crippen molar-refractivity contribution in [1.82, 2.24) is 49.3 Å². The summed E-state index contributed by atoms with van der Waals surface area (Å²) in [6.45, 7) is 16.0. The van der Waals surface area contributed by atoms with Gasteiger partial charge < -0.3 is 30.7 Å². The summed E-state index contributed by atoms with van der Waals surface area (Å²) in [7, 11) is 0. The Morgan fingerprint density at radius 1 is 0.603 bits per heavy atom. The lowest BCUT2D eigenvalue weighted by Crippen LogP contribution is -2.48. The molecular weight excluding hydrogens is 844 g/mol. The van der Waals surface area contributed by atoms with Gasteiger partial charge in [0.25, 0.3) is 11.9 Å². The molecule has 16 nitrogen and oxygen atoms in total. The number of aryl methyl sites for hydroxylation is 4. The molecule has 21 heteroatoms. The summed E-state index contributed by atoms with van der Waals surface area (Å²) >= 11 is 6.17. The van der Waals surface area contributed by atoms with Crippen molar-refractivity contribution >= 4 is 52.2 Å². The van der Waals surface area contributed by atoms with Gasteiger partial charge in [0.05, 0.1) is 22.8 Å². The van der Waals surface area contributed by atoms with Crippen molar-refractivity contribution in [3.63, 3.8) is 0 Å². The van der Waals surface area contributed by atoms with Crippen molar-refractivity contribution in [2.75, 3.05) is 73.2 Å². The molecule has 6 heterocycles. The lowest BCUT2D eigenvalue weighted by molar-refractivity contribution is -0.129. The Bertz CT molecular complexity index is 2590. The summed E-state index contributed by atoms with van der Waals surface area (Å²) in [6, 6.07) is 13.7. The molecule has 2 aromatic carbocycles. The highest BCUT2D eigenvalue weighted by molar-refractivity contribution is 6.29. The SMILES string of the molecule is CC(=O)N1CCN(c2cc(Cl)nc(-n3nc(C)cc3C)n2)CC1.CC(=O)N1CCN(c2cc(Nc3ccc(F)cc3F)nc(-n3nc(C)cc3C)n2)CC1.Nc1ccc(F)cc1F. The number of benzene rings is 2. The first-order valence-electron chi connectivity index (χ1n) is 19.9. The number of carbonyl (C=O) groups is 2. The van der Waals surface area contributed by atoms with Crippen molar-refractivity contribution in [2.24, 2.45) is 0 Å². The average Bonchev–Trinajstić information content (AvgIpc) is 3.78. The van der Waals surface area contributed by atoms with Crippen LogP contribution in [-0.2, 0) is 9.59 Å². The molecule has 63 heavy (non-hydrogen) atoms. The highest BCUT2D eigenvalue weighted by Gasteiger charge is 2.23. The van der Waals surface area contributed by atoms with Gasteiger partial charge in [-0.15, -0.1) is 0 Å². The van der Waals surface area contributed by atoms with Crippen molar-refractivity contribution in [3.05, 3.63) is 112 Å². The van der Waals surface area contributed by atoms with Crippen molar-refractivity contribution in [1.29, 1.82) is 0 Å². The fraction of sp³-hybridized carbons (Fsp3) is 0.333. The molecule has 4 aromatic heterocycles. The molecule has 2 aliphatic heterocycles. The Labute approximate surface area is 366 Å². The van der Waals surface area contributed by atoms with E-state index in [4.69, 9.17) is 17.3 Å². The third kappa shape index (κ3) is 11.8. The number of nitrogen functional groups attached to an aromatic ring is 1. The highest BCUT2D eigenvalue weighted by Crippen LogP contribution is 2.25. The van der Waals surface area contributed by atoms with Crippen LogP contribution in [-0.4, -0.2) is 113 Å². The number of hydrogen-bond acceptors (Lipinski definition) is 12. The first-order valence-corrected chi connectivity index (χ1v) is 20.3. The van der Waals surface area contributed by atoms with E-state index < -0.39 is 23.3 Å². The molecule has 0 bridgehead atoms. The number of piperazine rings is 2. The van der Waals surface area contributed by atoms with E-state index in [1.807, 2.05) is 49.6 Å². The van der Waals surface area contributed by atoms with Gasteiger partial charge in [0, 0.05) is 102 Å². The normalized spacial score (nSPS) is 13.8. The number of carbonyl (C=O) groups excluding carboxylic acids is 2. The molecule has 8 rings (SSSR count). The Morgan fingerprint density at radius 3 is 1.49 bits per heavy atom. The molecule has 2 amide bonds. The van der Waals surface area contributed by atoms with Crippen LogP contribution in [0.25, 0.3) is 11.9 Å². The summed E-state index contributed by atoms with van der Waals surface area (Å²) in [5, 5.41) is 12.2. The number of nitrogens with zero attached hydrogens (tertiary/aromatic N) is 12. The van der Waals surface area contributed by atoms with Gasteiger partial charge in [0.2, 0.25) is 11.8 Å². The van der Waals surface area contributed by atoms with Crippen LogP contribution in [0.4, 0.5) is 46.4 Å². The fourth-order valence-corrected chi connectivity index (χ4v) is 6.96. The number of nitrogens with one attached hydrogen (secondary N) is 1. The quantitative estimate of drug-likeness (QED) is 0.112. The van der Waals surface area contributed by atoms with E-state index in [-0.39, 0.29) is 23.2 Å². The van der Waals surface area contributed by atoms with E-state index in [9.17, 15) is 27.2 Å². The summed E-state index contributed by atoms with van der Waals surface area (Å²) < 4.78 is 55.0. The van der Waals surface area contributed by atoms with Gasteiger partial charge in [-0.2, -0.15) is 30.1 Å². The Balaban J connectivity index is 0.000000180. The van der Waals surface area contributed by atoms with Crippen LogP contribution in [0, 0.1) is 51.0 Å². The molecule has 2 aliphatic rings. The predicted octanol–water partition coefficient (Wildman–Crippen LogP) is 6.12. The molecular formula is C42H47ClF4N14O2. The molecule has 0 unspecified atom stereocenters. The maximum Gasteiger partial charge on any atom is 0.254 e. The van der Waals surface area contributed by atoms with Crippen molar-refractivity contribution in [3.8, 4) is 11.9 Å². The fourth-order valence-electron chi connectivity index (χ4n) is 6.79. The Hall–Kier alpha value is -6.83. The number of halogens is 5. The van der Waals surface area contributed by atoms with E-state index >= 15 is 0 Å². The summed E-state index contributed by atoms with van der Waals surface area (Å²) in [4.78, 5) is 48.9. The Kier molecular flexibility index (Phi) is 14.4. The second kappa shape index (κ2) is 19.9. The number of rotatable bonds is 6. The number of anilines is 5. The third-order valence-electron chi connectivity index (χ3n) is 10.0. The number of aromatic nitrogens is 8. The standard InChI is InChI=1S/C21H23F2N7O.C15H19ClN6O.C6H5F2N/c1-13-10-14(2)30(27-13)21-25-19(24-18-5-4-16(22)11-17(18)23)12-20(26-21)29-8-6-28(7-9-29)15(3)31;1-10-8-11(2)22(19-10)15-17-13(16)9-14(18-15)21-6-4-20(5-7-21)12(3)23;7-4-1-2-6(9)5(8)3-4/h4-5,10-12H,6-9H2,1-3H3,(H,24,25,26);8-9H,4-7H2,1-3H3;1-3H,9H2. The maximum absolute atomic E-state index is 14.2. The van der Waals surface area contributed by atoms with E-state index in [1.54, 1.807) is 40.2 Å². The molecule has 0 radical (unpaired) electrons. The molecule has 0 aliphatic carbocycles. The minimum atomic E-state index is -0.720. The van der Waals surface area contributed by atoms with Gasteiger partial charge >= 0.3 is 0 Å². The molecule has 0 saturated carbocycles. The lowest BCUT2D eigenvalue weighted by Gasteiger charge is -2.35. The van der Waals surface area contributed by atoms with Gasteiger partial charge in [0.15, 0.2) is 0 Å². The zero-order valence-electron chi connectivity index (χ0n) is 35.6. The van der Waals surface area contributed by atoms with Gasteiger partial charge in [-0.1, -0.05) is 11.6 Å². The molecule has 3 N–H and O–H groups in total. The van der Waals surface area contributed by atoms with Crippen LogP contribution < -0.4 is 20.9 Å². The average molecular weight is 891 g/mol. The van der Waals surface area contributed by atoms with Gasteiger partial charge in [-0.3, -0.25) is 9.59 Å². The molecule has 2 saturated heterocycles. The third-order valence-corrected chi connectivity index (χ3v) is 10.2. The molecule has 0 spiro atoms. The van der Waals surface area contributed by atoms with E-state index in [0.29, 0.717) is 68.0 Å². The van der Waals surface area contributed by atoms with Crippen molar-refractivity contribution < 1.29 is 27.2 Å². The van der Waals surface area contributed by atoms with E-state index in [0.717, 1.165) is 59.9 Å². The van der Waals surface area contributed by atoms with Crippen molar-refractivity contribution in [2.45, 2.75) is 41.5 Å². The zero-order chi connectivity index (χ0) is 45.5. The van der Waals surface area contributed by atoms with Crippen LogP contribution in [0.15, 0.2) is 60.7 Å². The minimum Gasteiger partial charge on any atom is -0.396 e. The maximum atomic E-state index is 14.2. The molecule has 2 fully saturated rings. The van der Waals surface area contributed by atoms with Gasteiger partial charge in [-0.05, 0) is 64.1 Å². The Morgan fingerprint density at radius 2 is 1.06 bits per heavy atom. The van der Waals surface area contributed by atoms with Crippen LogP contribution in [0.2, 0.25) is 5.15 Å². The topological polar surface area (TPSA) is 172 Å².